The van der Waals surface area contributed by atoms with Gasteiger partial charge in [0, 0.05) is 25.1 Å². The van der Waals surface area contributed by atoms with Gasteiger partial charge in [-0.2, -0.15) is 4.68 Å². The Morgan fingerprint density at radius 2 is 1.84 bits per heavy atom. The lowest BCUT2D eigenvalue weighted by Crippen LogP contribution is -2.21. The van der Waals surface area contributed by atoms with Crippen molar-refractivity contribution in [1.29, 1.82) is 5.41 Å². The van der Waals surface area contributed by atoms with E-state index in [1.54, 1.807) is 36.4 Å². The third-order valence-corrected chi connectivity index (χ3v) is 6.53. The van der Waals surface area contributed by atoms with Gasteiger partial charge in [-0.05, 0) is 42.0 Å². The van der Waals surface area contributed by atoms with E-state index in [2.05, 4.69) is 15.4 Å². The first-order valence-corrected chi connectivity index (χ1v) is 13.2. The summed E-state index contributed by atoms with van der Waals surface area (Å²) in [7, 11) is 1.50. The molecule has 0 fully saturated rings. The van der Waals surface area contributed by atoms with Crippen LogP contribution in [0.25, 0.3) is 5.69 Å². The number of primary amides is 1. The number of hydrogen-bond donors (Lipinski definition) is 5. The fraction of sp³-hybridized carbons (Fsp3) is 0.207. The van der Waals surface area contributed by atoms with E-state index in [9.17, 15) is 14.4 Å². The molecule has 0 spiro atoms. The summed E-state index contributed by atoms with van der Waals surface area (Å²) in [5, 5.41) is 15.7. The Hall–Kier alpha value is -5.79. The van der Waals surface area contributed by atoms with E-state index in [-0.39, 0.29) is 34.2 Å². The monoisotopic (exact) mass is 587 g/mol. The first kappa shape index (κ1) is 28.7. The minimum Gasteiger partial charge on any atom is -0.493 e. The lowest BCUT2D eigenvalue weighted by Gasteiger charge is -2.22. The number of H-pyrrole nitrogens is 1. The molecule has 1 aliphatic rings. The van der Waals surface area contributed by atoms with Crippen molar-refractivity contribution in [3.8, 4) is 28.7 Å². The normalized spacial score (nSPS) is 13.0. The summed E-state index contributed by atoms with van der Waals surface area (Å²) < 4.78 is 23.8. The fourth-order valence-corrected chi connectivity index (χ4v) is 4.63. The molecule has 0 radical (unpaired) electrons. The van der Waals surface area contributed by atoms with Crippen LogP contribution in [0.15, 0.2) is 59.4 Å². The van der Waals surface area contributed by atoms with Gasteiger partial charge in [0.2, 0.25) is 5.75 Å². The quantitative estimate of drug-likeness (QED) is 0.0834. The maximum atomic E-state index is 13.2. The lowest BCUT2D eigenvalue weighted by atomic mass is 10.0. The number of para-hydroxylation sites is 1. The second-order valence-corrected chi connectivity index (χ2v) is 9.51. The van der Waals surface area contributed by atoms with Crippen molar-refractivity contribution in [1.82, 2.24) is 14.8 Å². The molecule has 1 aliphatic heterocycles. The van der Waals surface area contributed by atoms with Crippen LogP contribution >= 0.6 is 0 Å². The smallest absolute Gasteiger partial charge is 0.348 e. The number of anilines is 1. The predicted molar refractivity (Wildman–Crippen MR) is 156 cm³/mol. The highest BCUT2D eigenvalue weighted by atomic mass is 16.5. The van der Waals surface area contributed by atoms with Gasteiger partial charge in [-0.3, -0.25) is 20.0 Å². The van der Waals surface area contributed by atoms with Crippen LogP contribution in [0.4, 0.5) is 5.69 Å². The van der Waals surface area contributed by atoms with Crippen molar-refractivity contribution < 1.29 is 28.5 Å². The minimum absolute atomic E-state index is 0.0643. The van der Waals surface area contributed by atoms with E-state index in [1.165, 1.54) is 32.2 Å². The zero-order valence-electron chi connectivity index (χ0n) is 23.3. The molecule has 0 saturated carbocycles. The summed E-state index contributed by atoms with van der Waals surface area (Å²) in [4.78, 5) is 39.8. The van der Waals surface area contributed by atoms with E-state index >= 15 is 0 Å². The molecule has 0 aliphatic carbocycles. The van der Waals surface area contributed by atoms with Crippen molar-refractivity contribution in [3.63, 3.8) is 0 Å². The number of esters is 1. The van der Waals surface area contributed by atoms with E-state index < -0.39 is 23.6 Å². The van der Waals surface area contributed by atoms with Gasteiger partial charge in [-0.25, -0.2) is 4.79 Å². The number of nitrogens with two attached hydrogens (primary N) is 2. The van der Waals surface area contributed by atoms with Gasteiger partial charge in [-0.15, -0.1) is 5.10 Å². The maximum Gasteiger partial charge on any atom is 0.348 e. The molecule has 0 bridgehead atoms. The van der Waals surface area contributed by atoms with Crippen molar-refractivity contribution in [2.24, 2.45) is 11.5 Å². The summed E-state index contributed by atoms with van der Waals surface area (Å²) in [5.74, 6) is -0.109. The van der Waals surface area contributed by atoms with Gasteiger partial charge in [0.25, 0.3) is 5.91 Å². The molecule has 7 N–H and O–H groups in total. The Balaban J connectivity index is 1.66. The number of nitrogen functional groups attached to an aromatic ring is 1. The van der Waals surface area contributed by atoms with Crippen LogP contribution in [-0.2, 0) is 4.79 Å². The van der Waals surface area contributed by atoms with Crippen LogP contribution < -0.4 is 41.4 Å². The summed E-state index contributed by atoms with van der Waals surface area (Å²) >= 11 is 0. The Kier molecular flexibility index (Phi) is 8.00. The van der Waals surface area contributed by atoms with E-state index in [0.717, 1.165) is 4.68 Å². The molecule has 1 amide bonds. The fourth-order valence-electron chi connectivity index (χ4n) is 4.63. The van der Waals surface area contributed by atoms with Crippen LogP contribution in [-0.4, -0.2) is 52.8 Å². The zero-order valence-corrected chi connectivity index (χ0v) is 23.3. The number of carbonyl (C=O) groups is 2. The molecule has 1 atom stereocenters. The highest BCUT2D eigenvalue weighted by Crippen LogP contribution is 2.42. The number of aromatic nitrogens is 3. The first-order chi connectivity index (χ1) is 20.7. The van der Waals surface area contributed by atoms with Gasteiger partial charge >= 0.3 is 11.7 Å². The second-order valence-electron chi connectivity index (χ2n) is 9.51. The van der Waals surface area contributed by atoms with E-state index in [4.69, 9.17) is 35.8 Å². The standard InChI is InChI=1S/C29H29N7O7/c1-15(37)43-21-14-17(8-9-19(21)26(30)31)33-24(16-12-22(40-2)25-23(13-16)41-10-5-11-42-25)28-34-29(39)36(35-28)20-7-4-3-6-18(20)27(32)38/h3-4,6-9,12-14,24,33H,5,10-11H2,1-2H3,(H3,30,31)(H2,32,38)(H,34,35,39). The number of ether oxygens (including phenoxy) is 4. The topological polar surface area (TPSA) is 210 Å². The number of carbonyl (C=O) groups excluding carboxylic acids is 2. The molecular weight excluding hydrogens is 558 g/mol. The molecule has 3 aromatic carbocycles. The number of nitrogens with zero attached hydrogens (tertiary/aromatic N) is 2. The van der Waals surface area contributed by atoms with Gasteiger partial charge in [0.15, 0.2) is 17.3 Å². The number of methoxy groups -OCH3 is 1. The Bertz CT molecular complexity index is 1780. The Morgan fingerprint density at radius 3 is 2.56 bits per heavy atom. The first-order valence-electron chi connectivity index (χ1n) is 13.2. The number of aromatic amines is 1. The highest BCUT2D eigenvalue weighted by molar-refractivity contribution is 5.99. The van der Waals surface area contributed by atoms with E-state index in [0.29, 0.717) is 48.1 Å². The molecule has 0 saturated heterocycles. The van der Waals surface area contributed by atoms with Crippen molar-refractivity contribution in [2.75, 3.05) is 25.6 Å². The molecule has 14 nitrogen and oxygen atoms in total. The zero-order chi connectivity index (χ0) is 30.7. The van der Waals surface area contributed by atoms with Crippen LogP contribution in [0.2, 0.25) is 0 Å². The summed E-state index contributed by atoms with van der Waals surface area (Å²) in [6.07, 6.45) is 0.674. The molecule has 1 aromatic heterocycles. The number of hydrogen-bond acceptors (Lipinski definition) is 10. The van der Waals surface area contributed by atoms with Gasteiger partial charge in [-0.1, -0.05) is 12.1 Å². The molecule has 2 heterocycles. The number of fused-ring (bicyclic) bond motifs is 1. The minimum atomic E-state index is -0.853. The van der Waals surface area contributed by atoms with Gasteiger partial charge < -0.3 is 35.7 Å². The number of nitrogens with one attached hydrogen (secondary N) is 3. The van der Waals surface area contributed by atoms with Crippen molar-refractivity contribution in [2.45, 2.75) is 19.4 Å². The lowest BCUT2D eigenvalue weighted by molar-refractivity contribution is -0.131. The maximum absolute atomic E-state index is 13.2. The predicted octanol–water partition coefficient (Wildman–Crippen LogP) is 2.24. The third kappa shape index (κ3) is 5.98. The van der Waals surface area contributed by atoms with Crippen LogP contribution in [0.1, 0.15) is 46.7 Å². The average molecular weight is 588 g/mol. The molecule has 4 aromatic rings. The molecule has 222 valence electrons. The van der Waals surface area contributed by atoms with E-state index in [1.807, 2.05) is 0 Å². The van der Waals surface area contributed by atoms with Crippen molar-refractivity contribution >= 4 is 23.4 Å². The van der Waals surface area contributed by atoms with Crippen LogP contribution in [0.5, 0.6) is 23.0 Å². The summed E-state index contributed by atoms with van der Waals surface area (Å²) in [6.45, 7) is 2.10. The molecular formula is C29H29N7O7. The molecule has 43 heavy (non-hydrogen) atoms. The summed E-state index contributed by atoms with van der Waals surface area (Å²) in [5.41, 5.74) is 12.1. The van der Waals surface area contributed by atoms with Gasteiger partial charge in [0.1, 0.15) is 17.6 Å². The van der Waals surface area contributed by atoms with Crippen LogP contribution in [0, 0.1) is 5.41 Å². The highest BCUT2D eigenvalue weighted by Gasteiger charge is 2.26. The van der Waals surface area contributed by atoms with Crippen molar-refractivity contribution in [3.05, 3.63) is 87.6 Å². The number of amides is 1. The van der Waals surface area contributed by atoms with Crippen LogP contribution in [0.3, 0.4) is 0 Å². The van der Waals surface area contributed by atoms with Gasteiger partial charge in [0.05, 0.1) is 37.1 Å². The number of benzene rings is 3. The Labute approximate surface area is 245 Å². The molecule has 1 unspecified atom stereocenters. The number of amidine groups is 1. The average Bonchev–Trinajstić information content (AvgIpc) is 3.19. The summed E-state index contributed by atoms with van der Waals surface area (Å²) in [6, 6.07) is 13.6. The Morgan fingerprint density at radius 1 is 1.07 bits per heavy atom. The number of rotatable bonds is 9. The SMILES string of the molecule is COc1cc(C(Nc2ccc(C(=N)N)c(OC(C)=O)c2)c2nn(-c3ccccc3C(N)=O)c(=O)[nH]2)cc2c1OCCCO2. The second kappa shape index (κ2) is 12.0. The third-order valence-electron chi connectivity index (χ3n) is 6.53. The largest absolute Gasteiger partial charge is 0.493 e. The molecule has 5 rings (SSSR count). The molecule has 14 heteroatoms.